The Hall–Kier alpha value is -4.85. The largest absolute Gasteiger partial charge is 0.451 e. The monoisotopic (exact) mass is 494 g/mol. The first-order valence-corrected chi connectivity index (χ1v) is 12.1. The average Bonchev–Trinajstić information content (AvgIpc) is 3.54. The predicted octanol–water partition coefficient (Wildman–Crippen LogP) is 5.25. The topological polar surface area (TPSA) is 105 Å². The molecule has 8 nitrogen and oxygen atoms in total. The summed E-state index contributed by atoms with van der Waals surface area (Å²) in [7, 11) is 0. The fourth-order valence-electron chi connectivity index (χ4n) is 4.39. The molecule has 37 heavy (non-hydrogen) atoms. The van der Waals surface area contributed by atoms with E-state index in [1.165, 1.54) is 6.07 Å². The van der Waals surface area contributed by atoms with E-state index in [2.05, 4.69) is 39.8 Å². The zero-order valence-corrected chi connectivity index (χ0v) is 20.3. The molecule has 0 aliphatic rings. The van der Waals surface area contributed by atoms with Crippen molar-refractivity contribution >= 4 is 45.2 Å². The molecule has 0 bridgehead atoms. The maximum atomic E-state index is 12.5. The van der Waals surface area contributed by atoms with Crippen molar-refractivity contribution in [3.8, 4) is 11.3 Å². The van der Waals surface area contributed by atoms with Crippen molar-refractivity contribution < 1.29 is 18.8 Å². The number of hydrogen-bond donors (Lipinski definition) is 3. The number of benzene rings is 3. The van der Waals surface area contributed by atoms with Crippen LogP contribution in [0.3, 0.4) is 0 Å². The highest BCUT2D eigenvalue weighted by Crippen LogP contribution is 2.31. The molecule has 0 fully saturated rings. The minimum Gasteiger partial charge on any atom is -0.451 e. The molecule has 186 valence electrons. The molecule has 2 aromatic heterocycles. The number of furan rings is 1. The van der Waals surface area contributed by atoms with Gasteiger partial charge >= 0.3 is 5.91 Å². The number of hydrazine groups is 1. The Morgan fingerprint density at radius 1 is 0.757 bits per heavy atom. The van der Waals surface area contributed by atoms with Crippen molar-refractivity contribution in [2.45, 2.75) is 26.3 Å². The standard InChI is InChI=1S/C29H26N4O4/c1-2-33-23-11-7-6-10-21(23)22-18-20(12-13-24(22)33)30-27(34)16-17-28(35)31-32-29(36)26-15-14-25(37-26)19-8-4-3-5-9-19/h3-15,18H,2,16-17H2,1H3,(H,30,34)(H,31,35)(H,32,36). The third-order valence-corrected chi connectivity index (χ3v) is 6.16. The van der Waals surface area contributed by atoms with E-state index >= 15 is 0 Å². The Balaban J connectivity index is 1.13. The second-order valence-corrected chi connectivity index (χ2v) is 8.57. The van der Waals surface area contributed by atoms with E-state index in [0.717, 1.165) is 33.9 Å². The molecule has 0 atom stereocenters. The van der Waals surface area contributed by atoms with Gasteiger partial charge in [0.15, 0.2) is 5.76 Å². The van der Waals surface area contributed by atoms with Gasteiger partial charge in [-0.3, -0.25) is 25.2 Å². The molecule has 8 heteroatoms. The van der Waals surface area contributed by atoms with Crippen LogP contribution in [0.1, 0.15) is 30.3 Å². The van der Waals surface area contributed by atoms with Crippen LogP contribution in [0.15, 0.2) is 89.3 Å². The number of nitrogens with one attached hydrogen (secondary N) is 3. The first-order valence-electron chi connectivity index (χ1n) is 12.1. The van der Waals surface area contributed by atoms with Crippen LogP contribution in [0.2, 0.25) is 0 Å². The molecule has 0 spiro atoms. The second-order valence-electron chi connectivity index (χ2n) is 8.57. The summed E-state index contributed by atoms with van der Waals surface area (Å²) in [5.74, 6) is -0.749. The van der Waals surface area contributed by atoms with Crippen LogP contribution in [0.4, 0.5) is 5.69 Å². The number of fused-ring (bicyclic) bond motifs is 3. The van der Waals surface area contributed by atoms with Crippen LogP contribution in [-0.2, 0) is 16.1 Å². The zero-order valence-electron chi connectivity index (χ0n) is 20.3. The van der Waals surface area contributed by atoms with Crippen molar-refractivity contribution in [3.63, 3.8) is 0 Å². The summed E-state index contributed by atoms with van der Waals surface area (Å²) in [6, 6.07) is 26.6. The number of carbonyl (C=O) groups excluding carboxylic acids is 3. The lowest BCUT2D eigenvalue weighted by atomic mass is 10.1. The summed E-state index contributed by atoms with van der Waals surface area (Å²) in [6.07, 6.45) is -0.119. The molecule has 0 aliphatic carbocycles. The molecule has 2 heterocycles. The van der Waals surface area contributed by atoms with Crippen LogP contribution in [0.25, 0.3) is 33.1 Å². The van der Waals surface area contributed by atoms with E-state index in [4.69, 9.17) is 4.42 Å². The zero-order chi connectivity index (χ0) is 25.8. The van der Waals surface area contributed by atoms with Crippen molar-refractivity contribution in [3.05, 3.63) is 90.7 Å². The summed E-state index contributed by atoms with van der Waals surface area (Å²) in [5, 5.41) is 5.04. The molecule has 0 saturated heterocycles. The van der Waals surface area contributed by atoms with E-state index in [1.807, 2.05) is 60.7 Å². The molecule has 3 aromatic carbocycles. The van der Waals surface area contributed by atoms with Gasteiger partial charge in [0.2, 0.25) is 11.8 Å². The lowest BCUT2D eigenvalue weighted by Gasteiger charge is -2.08. The molecule has 0 saturated carbocycles. The molecule has 3 N–H and O–H groups in total. The number of rotatable bonds is 7. The van der Waals surface area contributed by atoms with Gasteiger partial charge in [-0.1, -0.05) is 48.5 Å². The number of aromatic nitrogens is 1. The van der Waals surface area contributed by atoms with Gasteiger partial charge in [-0.15, -0.1) is 0 Å². The highest BCUT2D eigenvalue weighted by molar-refractivity contribution is 6.10. The summed E-state index contributed by atoms with van der Waals surface area (Å²) in [6.45, 7) is 2.95. The normalized spacial score (nSPS) is 10.9. The van der Waals surface area contributed by atoms with Gasteiger partial charge in [-0.05, 0) is 43.3 Å². The van der Waals surface area contributed by atoms with Gasteiger partial charge in [0, 0.05) is 52.4 Å². The van der Waals surface area contributed by atoms with Gasteiger partial charge < -0.3 is 14.3 Å². The number of nitrogens with zero attached hydrogens (tertiary/aromatic N) is 1. The lowest BCUT2D eigenvalue weighted by Crippen LogP contribution is -2.41. The van der Waals surface area contributed by atoms with Gasteiger partial charge in [0.1, 0.15) is 5.76 Å². The van der Waals surface area contributed by atoms with Crippen LogP contribution in [0, 0.1) is 0 Å². The summed E-state index contributed by atoms with van der Waals surface area (Å²) < 4.78 is 7.80. The number of amides is 3. The minimum absolute atomic E-state index is 0.0324. The van der Waals surface area contributed by atoms with Crippen LogP contribution < -0.4 is 16.2 Å². The molecule has 5 aromatic rings. The molecule has 0 aliphatic heterocycles. The molecule has 5 rings (SSSR count). The maximum Gasteiger partial charge on any atom is 0.305 e. The van der Waals surface area contributed by atoms with E-state index in [-0.39, 0.29) is 24.5 Å². The third kappa shape index (κ3) is 5.08. The Kier molecular flexibility index (Phi) is 6.72. The van der Waals surface area contributed by atoms with E-state index in [0.29, 0.717) is 11.4 Å². The first kappa shape index (κ1) is 23.9. The fourth-order valence-corrected chi connectivity index (χ4v) is 4.39. The molecule has 3 amide bonds. The van der Waals surface area contributed by atoms with Crippen LogP contribution >= 0.6 is 0 Å². The first-order chi connectivity index (χ1) is 18.0. The lowest BCUT2D eigenvalue weighted by molar-refractivity contribution is -0.124. The van der Waals surface area contributed by atoms with Crippen LogP contribution in [-0.4, -0.2) is 22.3 Å². The fraction of sp³-hybridized carbons (Fsp3) is 0.138. The second kappa shape index (κ2) is 10.4. The number of carbonyl (C=O) groups is 3. The Bertz CT molecular complexity index is 1600. The molecule has 0 radical (unpaired) electrons. The SMILES string of the molecule is CCn1c2ccccc2c2cc(NC(=O)CCC(=O)NNC(=O)c3ccc(-c4ccccc4)o3)ccc21. The van der Waals surface area contributed by atoms with Crippen molar-refractivity contribution in [1.29, 1.82) is 0 Å². The number of aryl methyl sites for hydroxylation is 1. The van der Waals surface area contributed by atoms with E-state index < -0.39 is 11.8 Å². The van der Waals surface area contributed by atoms with Gasteiger partial charge in [0.05, 0.1) is 0 Å². The van der Waals surface area contributed by atoms with Gasteiger partial charge in [-0.2, -0.15) is 0 Å². The Morgan fingerprint density at radius 3 is 2.30 bits per heavy atom. The Labute approximate surface area is 213 Å². The third-order valence-electron chi connectivity index (χ3n) is 6.16. The molecular formula is C29H26N4O4. The Morgan fingerprint density at radius 2 is 1.49 bits per heavy atom. The number of hydrogen-bond acceptors (Lipinski definition) is 4. The predicted molar refractivity (Wildman–Crippen MR) is 143 cm³/mol. The van der Waals surface area contributed by atoms with Crippen molar-refractivity contribution in [1.82, 2.24) is 15.4 Å². The maximum absolute atomic E-state index is 12.5. The quantitative estimate of drug-likeness (QED) is 0.269. The summed E-state index contributed by atoms with van der Waals surface area (Å²) in [5.41, 5.74) is 8.39. The molecular weight excluding hydrogens is 468 g/mol. The molecule has 0 unspecified atom stereocenters. The van der Waals surface area contributed by atoms with Crippen molar-refractivity contribution in [2.24, 2.45) is 0 Å². The van der Waals surface area contributed by atoms with Gasteiger partial charge in [-0.25, -0.2) is 0 Å². The summed E-state index contributed by atoms with van der Waals surface area (Å²) >= 11 is 0. The highest BCUT2D eigenvalue weighted by atomic mass is 16.4. The number of anilines is 1. The highest BCUT2D eigenvalue weighted by Gasteiger charge is 2.15. The summed E-state index contributed by atoms with van der Waals surface area (Å²) in [4.78, 5) is 37.0. The average molecular weight is 495 g/mol. The number of para-hydroxylation sites is 1. The minimum atomic E-state index is -0.584. The van der Waals surface area contributed by atoms with Gasteiger partial charge in [0.25, 0.3) is 0 Å². The smallest absolute Gasteiger partial charge is 0.305 e. The van der Waals surface area contributed by atoms with E-state index in [9.17, 15) is 14.4 Å². The van der Waals surface area contributed by atoms with E-state index in [1.54, 1.807) is 6.07 Å². The van der Waals surface area contributed by atoms with Crippen LogP contribution in [0.5, 0.6) is 0 Å². The van der Waals surface area contributed by atoms with Crippen molar-refractivity contribution in [2.75, 3.05) is 5.32 Å².